The van der Waals surface area contributed by atoms with Crippen LogP contribution in [0.4, 0.5) is 0 Å². The predicted molar refractivity (Wildman–Crippen MR) is 93.5 cm³/mol. The van der Waals surface area contributed by atoms with E-state index < -0.39 is 0 Å². The smallest absolute Gasteiger partial charge is 0.234 e. The Labute approximate surface area is 141 Å². The molecule has 1 aliphatic heterocycles. The molecule has 2 fully saturated rings. The van der Waals surface area contributed by atoms with Gasteiger partial charge in [0.1, 0.15) is 0 Å². The van der Waals surface area contributed by atoms with Gasteiger partial charge < -0.3 is 4.90 Å². The van der Waals surface area contributed by atoms with Crippen LogP contribution >= 0.6 is 11.3 Å². The lowest BCUT2D eigenvalue weighted by Crippen LogP contribution is -2.51. The van der Waals surface area contributed by atoms with Crippen molar-refractivity contribution in [2.75, 3.05) is 26.2 Å². The van der Waals surface area contributed by atoms with E-state index in [1.54, 1.807) is 11.3 Å². The molecule has 2 aromatic rings. The summed E-state index contributed by atoms with van der Waals surface area (Å²) in [5.41, 5.74) is 1.18. The van der Waals surface area contributed by atoms with Crippen molar-refractivity contribution in [1.82, 2.24) is 9.80 Å². The minimum Gasteiger partial charge on any atom is -0.339 e. The van der Waals surface area contributed by atoms with Crippen LogP contribution in [0.25, 0.3) is 0 Å². The van der Waals surface area contributed by atoms with Crippen LogP contribution in [0.15, 0.2) is 47.8 Å². The molecule has 4 heteroatoms. The van der Waals surface area contributed by atoms with E-state index in [1.807, 2.05) is 0 Å². The Morgan fingerprint density at radius 3 is 2.35 bits per heavy atom. The minimum absolute atomic E-state index is 0.171. The molecule has 0 radical (unpaired) electrons. The number of carbonyl (C=O) groups is 1. The van der Waals surface area contributed by atoms with Crippen LogP contribution in [0.2, 0.25) is 0 Å². The Hall–Kier alpha value is -1.65. The second-order valence-electron chi connectivity index (χ2n) is 6.61. The van der Waals surface area contributed by atoms with Gasteiger partial charge in [-0.25, -0.2) is 0 Å². The molecule has 1 saturated carbocycles. The first-order valence-electron chi connectivity index (χ1n) is 8.38. The summed E-state index contributed by atoms with van der Waals surface area (Å²) in [4.78, 5) is 18.8. The zero-order chi connectivity index (χ0) is 15.7. The fourth-order valence-corrected chi connectivity index (χ4v) is 4.47. The summed E-state index contributed by atoms with van der Waals surface area (Å²) in [7, 11) is 0. The Balaban J connectivity index is 1.36. The van der Waals surface area contributed by atoms with Crippen molar-refractivity contribution in [2.45, 2.75) is 24.8 Å². The fourth-order valence-electron chi connectivity index (χ4n) is 3.49. The van der Waals surface area contributed by atoms with E-state index in [2.05, 4.69) is 57.6 Å². The molecule has 4 rings (SSSR count). The van der Waals surface area contributed by atoms with Crippen LogP contribution in [0, 0.1) is 0 Å². The molecule has 0 N–H and O–H groups in total. The average Bonchev–Trinajstić information content (AvgIpc) is 3.22. The zero-order valence-corrected chi connectivity index (χ0v) is 14.1. The first-order chi connectivity index (χ1) is 11.3. The largest absolute Gasteiger partial charge is 0.339 e. The van der Waals surface area contributed by atoms with Gasteiger partial charge in [0, 0.05) is 37.6 Å². The number of piperazine rings is 1. The molecule has 0 unspecified atom stereocenters. The van der Waals surface area contributed by atoms with Gasteiger partial charge in [-0.15, -0.1) is 11.3 Å². The van der Waals surface area contributed by atoms with E-state index in [-0.39, 0.29) is 5.41 Å². The zero-order valence-electron chi connectivity index (χ0n) is 13.3. The van der Waals surface area contributed by atoms with Crippen molar-refractivity contribution in [3.05, 3.63) is 58.3 Å². The summed E-state index contributed by atoms with van der Waals surface area (Å²) in [6.07, 6.45) is 2.05. The van der Waals surface area contributed by atoms with Crippen molar-refractivity contribution in [1.29, 1.82) is 0 Å². The van der Waals surface area contributed by atoms with Gasteiger partial charge in [-0.1, -0.05) is 36.4 Å². The number of carbonyl (C=O) groups excluding carboxylic acids is 1. The summed E-state index contributed by atoms with van der Waals surface area (Å²) >= 11 is 1.73. The molecule has 2 heterocycles. The third-order valence-corrected chi connectivity index (χ3v) is 6.13. The topological polar surface area (TPSA) is 23.6 Å². The Bertz CT molecular complexity index is 656. The van der Waals surface area contributed by atoms with Gasteiger partial charge in [0.05, 0.1) is 5.41 Å². The number of rotatable bonds is 4. The van der Waals surface area contributed by atoms with Gasteiger partial charge in [0.15, 0.2) is 0 Å². The summed E-state index contributed by atoms with van der Waals surface area (Å²) in [6.45, 7) is 4.65. The van der Waals surface area contributed by atoms with E-state index in [4.69, 9.17) is 0 Å². The molecule has 2 aliphatic rings. The van der Waals surface area contributed by atoms with Gasteiger partial charge >= 0.3 is 0 Å². The summed E-state index contributed by atoms with van der Waals surface area (Å²) < 4.78 is 0. The van der Waals surface area contributed by atoms with E-state index in [1.165, 1.54) is 10.4 Å². The highest BCUT2D eigenvalue weighted by molar-refractivity contribution is 7.10. The summed E-state index contributed by atoms with van der Waals surface area (Å²) in [5, 5.41) is 2.08. The van der Waals surface area contributed by atoms with Gasteiger partial charge in [0.2, 0.25) is 5.91 Å². The summed E-state index contributed by atoms with van der Waals surface area (Å²) in [6, 6.07) is 14.8. The van der Waals surface area contributed by atoms with E-state index in [0.717, 1.165) is 45.6 Å². The van der Waals surface area contributed by atoms with Gasteiger partial charge in [-0.2, -0.15) is 0 Å². The van der Waals surface area contributed by atoms with Crippen LogP contribution in [-0.2, 0) is 16.8 Å². The highest BCUT2D eigenvalue weighted by atomic mass is 32.1. The standard InChI is InChI=1S/C19H22N2OS/c22-18(19(8-9-19)17-7-4-14-23-17)21-12-10-20(11-13-21)15-16-5-2-1-3-6-16/h1-7,14H,8-13,15H2. The molecular weight excluding hydrogens is 304 g/mol. The second kappa shape index (κ2) is 6.10. The normalized spacial score (nSPS) is 20.4. The number of hydrogen-bond acceptors (Lipinski definition) is 3. The lowest BCUT2D eigenvalue weighted by molar-refractivity contribution is -0.135. The third-order valence-electron chi connectivity index (χ3n) is 5.06. The lowest BCUT2D eigenvalue weighted by atomic mass is 10.0. The molecule has 23 heavy (non-hydrogen) atoms. The van der Waals surface area contributed by atoms with Crippen molar-refractivity contribution in [2.24, 2.45) is 0 Å². The first-order valence-corrected chi connectivity index (χ1v) is 9.26. The predicted octanol–water partition coefficient (Wildman–Crippen LogP) is 3.12. The average molecular weight is 326 g/mol. The minimum atomic E-state index is -0.171. The van der Waals surface area contributed by atoms with Gasteiger partial charge in [-0.05, 0) is 29.9 Å². The first kappa shape index (κ1) is 14.9. The molecule has 1 amide bonds. The molecule has 0 spiro atoms. The van der Waals surface area contributed by atoms with Crippen LogP contribution in [0.3, 0.4) is 0 Å². The van der Waals surface area contributed by atoms with E-state index in [9.17, 15) is 4.79 Å². The Morgan fingerprint density at radius 1 is 1.00 bits per heavy atom. The van der Waals surface area contributed by atoms with Crippen LogP contribution in [0.5, 0.6) is 0 Å². The van der Waals surface area contributed by atoms with Crippen molar-refractivity contribution < 1.29 is 4.79 Å². The molecule has 0 bridgehead atoms. The number of nitrogens with zero attached hydrogens (tertiary/aromatic N) is 2. The van der Waals surface area contributed by atoms with Crippen molar-refractivity contribution in [3.8, 4) is 0 Å². The quantitative estimate of drug-likeness (QED) is 0.862. The molecule has 120 valence electrons. The highest BCUT2D eigenvalue weighted by Crippen LogP contribution is 2.51. The molecule has 1 aromatic heterocycles. The monoisotopic (exact) mass is 326 g/mol. The second-order valence-corrected chi connectivity index (χ2v) is 7.56. The maximum Gasteiger partial charge on any atom is 0.234 e. The maximum atomic E-state index is 13.0. The number of benzene rings is 1. The Morgan fingerprint density at radius 2 is 1.74 bits per heavy atom. The number of amides is 1. The highest BCUT2D eigenvalue weighted by Gasteiger charge is 2.53. The van der Waals surface area contributed by atoms with Gasteiger partial charge in [-0.3, -0.25) is 9.69 Å². The molecule has 1 aliphatic carbocycles. The third kappa shape index (κ3) is 2.93. The van der Waals surface area contributed by atoms with E-state index in [0.29, 0.717) is 5.91 Å². The van der Waals surface area contributed by atoms with Crippen molar-refractivity contribution >= 4 is 17.2 Å². The Kier molecular flexibility index (Phi) is 3.95. The number of thiophene rings is 1. The van der Waals surface area contributed by atoms with Crippen LogP contribution in [0.1, 0.15) is 23.3 Å². The van der Waals surface area contributed by atoms with Crippen LogP contribution < -0.4 is 0 Å². The molecule has 1 saturated heterocycles. The SMILES string of the molecule is O=C(N1CCN(Cc2ccccc2)CC1)C1(c2cccs2)CC1. The molecular formula is C19H22N2OS. The fraction of sp³-hybridized carbons (Fsp3) is 0.421. The molecule has 1 aromatic carbocycles. The van der Waals surface area contributed by atoms with E-state index >= 15 is 0 Å². The van der Waals surface area contributed by atoms with Crippen LogP contribution in [-0.4, -0.2) is 41.9 Å². The number of hydrogen-bond donors (Lipinski definition) is 0. The molecule has 0 atom stereocenters. The van der Waals surface area contributed by atoms with Crippen molar-refractivity contribution in [3.63, 3.8) is 0 Å². The summed E-state index contributed by atoms with van der Waals surface area (Å²) in [5.74, 6) is 0.360. The lowest BCUT2D eigenvalue weighted by Gasteiger charge is -2.36. The molecule has 3 nitrogen and oxygen atoms in total. The van der Waals surface area contributed by atoms with Gasteiger partial charge in [0.25, 0.3) is 0 Å². The maximum absolute atomic E-state index is 13.0.